The third-order valence-electron chi connectivity index (χ3n) is 5.14. The molecule has 0 radical (unpaired) electrons. The van der Waals surface area contributed by atoms with Crippen LogP contribution in [0.2, 0.25) is 0 Å². The van der Waals surface area contributed by atoms with Gasteiger partial charge in [-0.25, -0.2) is 9.97 Å². The van der Waals surface area contributed by atoms with Crippen molar-refractivity contribution in [3.8, 4) is 0 Å². The molecule has 1 unspecified atom stereocenters. The van der Waals surface area contributed by atoms with E-state index in [1.807, 2.05) is 42.7 Å². The molecule has 27 heavy (non-hydrogen) atoms. The molecule has 0 bridgehead atoms. The number of hydrogen-bond donors (Lipinski definition) is 0. The molecule has 146 valence electrons. The Morgan fingerprint density at radius 3 is 2.85 bits per heavy atom. The Morgan fingerprint density at radius 1 is 1.33 bits per heavy atom. The summed E-state index contributed by atoms with van der Waals surface area (Å²) in [6.45, 7) is 8.56. The molecule has 0 spiro atoms. The molecule has 7 nitrogen and oxygen atoms in total. The Kier molecular flexibility index (Phi) is 6.08. The SMILES string of the molecule is CCc1nc(C)cc(N(C)CC2CCCN2C(=O)Cc2cnn(CC)c2)n1. The topological polar surface area (TPSA) is 67.2 Å². The Bertz CT molecular complexity index is 787. The summed E-state index contributed by atoms with van der Waals surface area (Å²) in [5, 5.41) is 4.27. The van der Waals surface area contributed by atoms with Gasteiger partial charge in [-0.05, 0) is 32.3 Å². The minimum atomic E-state index is 0.190. The summed E-state index contributed by atoms with van der Waals surface area (Å²) >= 11 is 0. The molecule has 7 heteroatoms. The number of likely N-dealkylation sites (tertiary alicyclic amines) is 1. The molecule has 2 aromatic rings. The van der Waals surface area contributed by atoms with Crippen molar-refractivity contribution in [3.63, 3.8) is 0 Å². The number of anilines is 1. The lowest BCUT2D eigenvalue weighted by Crippen LogP contribution is -2.43. The highest BCUT2D eigenvalue weighted by Crippen LogP contribution is 2.21. The zero-order valence-electron chi connectivity index (χ0n) is 16.9. The lowest BCUT2D eigenvalue weighted by molar-refractivity contribution is -0.131. The van der Waals surface area contributed by atoms with E-state index in [9.17, 15) is 4.79 Å². The van der Waals surface area contributed by atoms with Gasteiger partial charge in [0.1, 0.15) is 11.6 Å². The molecule has 0 aromatic carbocycles. The maximum atomic E-state index is 12.8. The molecular formula is C20H30N6O. The highest BCUT2D eigenvalue weighted by molar-refractivity contribution is 5.79. The summed E-state index contributed by atoms with van der Waals surface area (Å²) in [7, 11) is 2.05. The van der Waals surface area contributed by atoms with E-state index in [2.05, 4.69) is 26.9 Å². The largest absolute Gasteiger partial charge is 0.357 e. The van der Waals surface area contributed by atoms with E-state index in [0.717, 1.165) is 61.8 Å². The lowest BCUT2D eigenvalue weighted by atomic mass is 10.2. The number of aromatic nitrogens is 4. The van der Waals surface area contributed by atoms with Gasteiger partial charge in [0.05, 0.1) is 12.6 Å². The van der Waals surface area contributed by atoms with Gasteiger partial charge in [0.15, 0.2) is 0 Å². The summed E-state index contributed by atoms with van der Waals surface area (Å²) in [5.41, 5.74) is 1.97. The fourth-order valence-electron chi connectivity index (χ4n) is 3.68. The third-order valence-corrected chi connectivity index (χ3v) is 5.14. The average molecular weight is 371 g/mol. The average Bonchev–Trinajstić information content (AvgIpc) is 3.30. The highest BCUT2D eigenvalue weighted by atomic mass is 16.2. The first-order chi connectivity index (χ1) is 13.0. The summed E-state index contributed by atoms with van der Waals surface area (Å²) < 4.78 is 1.86. The number of carbonyl (C=O) groups is 1. The number of nitrogens with zero attached hydrogens (tertiary/aromatic N) is 6. The van der Waals surface area contributed by atoms with Gasteiger partial charge in [0, 0.05) is 57.1 Å². The van der Waals surface area contributed by atoms with Gasteiger partial charge < -0.3 is 9.80 Å². The second kappa shape index (κ2) is 8.50. The number of rotatable bonds is 7. The van der Waals surface area contributed by atoms with E-state index in [4.69, 9.17) is 0 Å². The highest BCUT2D eigenvalue weighted by Gasteiger charge is 2.30. The van der Waals surface area contributed by atoms with Gasteiger partial charge in [0.2, 0.25) is 5.91 Å². The molecule has 0 saturated carbocycles. The van der Waals surface area contributed by atoms with Crippen LogP contribution in [0.1, 0.15) is 43.8 Å². The van der Waals surface area contributed by atoms with E-state index >= 15 is 0 Å². The monoisotopic (exact) mass is 370 g/mol. The van der Waals surface area contributed by atoms with Gasteiger partial charge in [-0.1, -0.05) is 6.92 Å². The Morgan fingerprint density at radius 2 is 2.15 bits per heavy atom. The number of carbonyl (C=O) groups excluding carboxylic acids is 1. The predicted octanol–water partition coefficient (Wildman–Crippen LogP) is 2.23. The molecule has 1 aliphatic heterocycles. The van der Waals surface area contributed by atoms with Crippen LogP contribution in [0.4, 0.5) is 5.82 Å². The Balaban J connectivity index is 1.65. The van der Waals surface area contributed by atoms with Gasteiger partial charge in [-0.15, -0.1) is 0 Å². The Labute approximate surface area is 161 Å². The van der Waals surface area contributed by atoms with Crippen LogP contribution in [0.5, 0.6) is 0 Å². The smallest absolute Gasteiger partial charge is 0.227 e. The zero-order chi connectivity index (χ0) is 19.4. The van der Waals surface area contributed by atoms with Crippen LogP contribution in [0, 0.1) is 6.92 Å². The van der Waals surface area contributed by atoms with Crippen molar-refractivity contribution in [2.75, 3.05) is 25.0 Å². The van der Waals surface area contributed by atoms with Crippen molar-refractivity contribution < 1.29 is 4.79 Å². The molecular weight excluding hydrogens is 340 g/mol. The van der Waals surface area contributed by atoms with Crippen LogP contribution in [-0.2, 0) is 24.2 Å². The van der Waals surface area contributed by atoms with Crippen LogP contribution < -0.4 is 4.90 Å². The molecule has 3 heterocycles. The minimum absolute atomic E-state index is 0.190. The molecule has 0 N–H and O–H groups in total. The van der Waals surface area contributed by atoms with Crippen LogP contribution in [-0.4, -0.2) is 56.7 Å². The fraction of sp³-hybridized carbons (Fsp3) is 0.600. The van der Waals surface area contributed by atoms with E-state index in [1.54, 1.807) is 6.20 Å². The number of hydrogen-bond acceptors (Lipinski definition) is 5. The first-order valence-corrected chi connectivity index (χ1v) is 9.86. The first-order valence-electron chi connectivity index (χ1n) is 9.86. The van der Waals surface area contributed by atoms with E-state index < -0.39 is 0 Å². The maximum absolute atomic E-state index is 12.8. The van der Waals surface area contributed by atoms with Crippen LogP contribution in [0.15, 0.2) is 18.5 Å². The lowest BCUT2D eigenvalue weighted by Gasteiger charge is -2.29. The summed E-state index contributed by atoms with van der Waals surface area (Å²) in [5.74, 6) is 1.99. The number of aryl methyl sites for hydroxylation is 3. The van der Waals surface area contributed by atoms with Gasteiger partial charge >= 0.3 is 0 Å². The molecule has 1 fully saturated rings. The molecule has 1 atom stereocenters. The molecule has 2 aromatic heterocycles. The second-order valence-electron chi connectivity index (χ2n) is 7.28. The first kappa shape index (κ1) is 19.3. The third kappa shape index (κ3) is 4.64. The quantitative estimate of drug-likeness (QED) is 0.748. The number of likely N-dealkylation sites (N-methyl/N-ethyl adjacent to an activating group) is 1. The fourth-order valence-corrected chi connectivity index (χ4v) is 3.68. The van der Waals surface area contributed by atoms with Crippen LogP contribution >= 0.6 is 0 Å². The molecule has 3 rings (SSSR count). The molecule has 1 saturated heterocycles. The predicted molar refractivity (Wildman–Crippen MR) is 106 cm³/mol. The van der Waals surface area contributed by atoms with Crippen molar-refractivity contribution in [2.24, 2.45) is 0 Å². The summed E-state index contributed by atoms with van der Waals surface area (Å²) in [4.78, 5) is 26.1. The molecule has 1 amide bonds. The van der Waals surface area contributed by atoms with Crippen molar-refractivity contribution in [3.05, 3.63) is 35.5 Å². The van der Waals surface area contributed by atoms with E-state index in [1.165, 1.54) is 0 Å². The second-order valence-corrected chi connectivity index (χ2v) is 7.28. The van der Waals surface area contributed by atoms with Crippen molar-refractivity contribution >= 4 is 11.7 Å². The van der Waals surface area contributed by atoms with E-state index in [-0.39, 0.29) is 11.9 Å². The van der Waals surface area contributed by atoms with Crippen LogP contribution in [0.25, 0.3) is 0 Å². The van der Waals surface area contributed by atoms with Gasteiger partial charge in [-0.2, -0.15) is 5.10 Å². The standard InChI is InChI=1S/C20H30N6O/c1-5-18-22-15(3)10-19(23-18)24(4)14-17-8-7-9-26(17)20(27)11-16-12-21-25(6-2)13-16/h10,12-13,17H,5-9,11,14H2,1-4H3. The normalized spacial score (nSPS) is 16.7. The van der Waals surface area contributed by atoms with Crippen molar-refractivity contribution in [1.29, 1.82) is 0 Å². The van der Waals surface area contributed by atoms with Gasteiger partial charge in [-0.3, -0.25) is 9.48 Å². The summed E-state index contributed by atoms with van der Waals surface area (Å²) in [6.07, 6.45) is 7.10. The molecule has 1 aliphatic rings. The molecule has 0 aliphatic carbocycles. The minimum Gasteiger partial charge on any atom is -0.357 e. The Hall–Kier alpha value is -2.44. The summed E-state index contributed by atoms with van der Waals surface area (Å²) in [6, 6.07) is 2.24. The van der Waals surface area contributed by atoms with Gasteiger partial charge in [0.25, 0.3) is 0 Å². The number of amides is 1. The maximum Gasteiger partial charge on any atom is 0.227 e. The van der Waals surface area contributed by atoms with Crippen molar-refractivity contribution in [1.82, 2.24) is 24.6 Å². The van der Waals surface area contributed by atoms with Crippen LogP contribution in [0.3, 0.4) is 0 Å². The zero-order valence-corrected chi connectivity index (χ0v) is 16.9. The van der Waals surface area contributed by atoms with Crippen molar-refractivity contribution in [2.45, 2.75) is 59.0 Å². The van der Waals surface area contributed by atoms with E-state index in [0.29, 0.717) is 6.42 Å².